The first-order valence-corrected chi connectivity index (χ1v) is 17.4. The summed E-state index contributed by atoms with van der Waals surface area (Å²) in [5.41, 5.74) is 8.38. The molecule has 0 aliphatic rings. The van der Waals surface area contributed by atoms with Gasteiger partial charge in [0.15, 0.2) is 5.78 Å². The molecule has 0 saturated heterocycles. The molecule has 0 radical (unpaired) electrons. The number of rotatable bonds is 15. The van der Waals surface area contributed by atoms with Gasteiger partial charge >= 0.3 is 5.97 Å². The van der Waals surface area contributed by atoms with Crippen molar-refractivity contribution in [2.45, 2.75) is 72.9 Å². The lowest BCUT2D eigenvalue weighted by atomic mass is 9.92. The number of esters is 1. The van der Waals surface area contributed by atoms with Gasteiger partial charge < -0.3 is 14.2 Å². The van der Waals surface area contributed by atoms with E-state index in [2.05, 4.69) is 98.8 Å². The van der Waals surface area contributed by atoms with Crippen LogP contribution in [0.5, 0.6) is 0 Å². The summed E-state index contributed by atoms with van der Waals surface area (Å²) in [7, 11) is 2.12. The van der Waals surface area contributed by atoms with Gasteiger partial charge in [0.1, 0.15) is 0 Å². The average molecular weight is 643 g/mol. The van der Waals surface area contributed by atoms with Crippen LogP contribution >= 0.6 is 0 Å². The summed E-state index contributed by atoms with van der Waals surface area (Å²) in [6, 6.07) is 34.0. The molecule has 5 heteroatoms. The van der Waals surface area contributed by atoms with E-state index < -0.39 is 0 Å². The topological polar surface area (TPSA) is 51.5 Å². The van der Waals surface area contributed by atoms with Crippen LogP contribution in [0.4, 0.5) is 5.69 Å². The Morgan fingerprint density at radius 1 is 0.771 bits per heavy atom. The molecular formula is C43H50N2O3. The van der Waals surface area contributed by atoms with Crippen molar-refractivity contribution in [1.29, 1.82) is 0 Å². The number of ether oxygens (including phenoxy) is 1. The van der Waals surface area contributed by atoms with Gasteiger partial charge in [0.05, 0.1) is 12.6 Å². The average Bonchev–Trinajstić information content (AvgIpc) is 3.44. The summed E-state index contributed by atoms with van der Waals surface area (Å²) in [6.07, 6.45) is 5.03. The predicted octanol–water partition coefficient (Wildman–Crippen LogP) is 9.84. The van der Waals surface area contributed by atoms with Gasteiger partial charge in [-0.3, -0.25) is 9.59 Å². The summed E-state index contributed by atoms with van der Waals surface area (Å²) in [5, 5.41) is 0.915. The van der Waals surface area contributed by atoms with Crippen LogP contribution in [0.3, 0.4) is 0 Å². The fourth-order valence-corrected chi connectivity index (χ4v) is 6.67. The van der Waals surface area contributed by atoms with Crippen molar-refractivity contribution >= 4 is 28.3 Å². The minimum Gasteiger partial charge on any atom is -0.466 e. The molecule has 5 rings (SSSR count). The molecule has 0 amide bonds. The van der Waals surface area contributed by atoms with E-state index in [1.165, 1.54) is 22.3 Å². The molecule has 250 valence electrons. The molecule has 5 aromatic rings. The van der Waals surface area contributed by atoms with Gasteiger partial charge in [0.2, 0.25) is 0 Å². The molecule has 0 fully saturated rings. The van der Waals surface area contributed by atoms with Crippen LogP contribution in [0.2, 0.25) is 0 Å². The molecule has 1 aromatic heterocycles. The number of nitrogens with zero attached hydrogens (tertiary/aromatic N) is 2. The maximum absolute atomic E-state index is 14.2. The predicted molar refractivity (Wildman–Crippen MR) is 198 cm³/mol. The van der Waals surface area contributed by atoms with Crippen LogP contribution < -0.4 is 4.90 Å². The number of aryl methyl sites for hydroxylation is 1. The van der Waals surface area contributed by atoms with E-state index in [4.69, 9.17) is 4.74 Å². The monoisotopic (exact) mass is 642 g/mol. The van der Waals surface area contributed by atoms with Crippen molar-refractivity contribution < 1.29 is 14.3 Å². The lowest BCUT2D eigenvalue weighted by molar-refractivity contribution is -0.143. The lowest BCUT2D eigenvalue weighted by Crippen LogP contribution is -2.25. The van der Waals surface area contributed by atoms with Gasteiger partial charge in [-0.25, -0.2) is 0 Å². The number of anilines is 1. The maximum atomic E-state index is 14.2. The van der Waals surface area contributed by atoms with Crippen molar-refractivity contribution in [3.8, 4) is 0 Å². The molecule has 0 atom stereocenters. The second kappa shape index (κ2) is 16.0. The number of hydrogen-bond acceptors (Lipinski definition) is 4. The van der Waals surface area contributed by atoms with E-state index >= 15 is 0 Å². The van der Waals surface area contributed by atoms with Gasteiger partial charge in [-0.1, -0.05) is 107 Å². The fourth-order valence-electron chi connectivity index (χ4n) is 6.67. The van der Waals surface area contributed by atoms with Crippen molar-refractivity contribution in [3.05, 3.63) is 137 Å². The Labute approximate surface area is 286 Å². The Morgan fingerprint density at radius 3 is 1.96 bits per heavy atom. The number of benzene rings is 4. The van der Waals surface area contributed by atoms with E-state index in [0.29, 0.717) is 49.0 Å². The van der Waals surface area contributed by atoms with Crippen LogP contribution in [-0.2, 0) is 28.9 Å². The van der Waals surface area contributed by atoms with Crippen LogP contribution in [0, 0.1) is 11.8 Å². The minimum atomic E-state index is -0.192. The third-order valence-corrected chi connectivity index (χ3v) is 8.90. The number of aromatic nitrogens is 1. The molecule has 1 heterocycles. The van der Waals surface area contributed by atoms with Crippen LogP contribution in [0.1, 0.15) is 91.7 Å². The van der Waals surface area contributed by atoms with Crippen LogP contribution in [0.15, 0.2) is 103 Å². The molecule has 4 aromatic carbocycles. The minimum absolute atomic E-state index is 0.0155. The van der Waals surface area contributed by atoms with Gasteiger partial charge in [0, 0.05) is 53.9 Å². The Morgan fingerprint density at radius 2 is 1.38 bits per heavy atom. The Balaban J connectivity index is 1.46. The Kier molecular flexibility index (Phi) is 11.5. The highest BCUT2D eigenvalue weighted by Gasteiger charge is 2.23. The molecule has 0 bridgehead atoms. The highest BCUT2D eigenvalue weighted by Crippen LogP contribution is 2.34. The summed E-state index contributed by atoms with van der Waals surface area (Å²) in [5.74, 6) is 0.990. The van der Waals surface area contributed by atoms with Crippen molar-refractivity contribution in [3.63, 3.8) is 0 Å². The zero-order chi connectivity index (χ0) is 34.2. The molecule has 0 spiro atoms. The number of carbonyl (C=O) groups excluding carboxylic acids is 2. The first-order chi connectivity index (χ1) is 23.1. The quantitative estimate of drug-likeness (QED) is 0.0843. The van der Waals surface area contributed by atoms with Gasteiger partial charge in [-0.15, -0.1) is 0 Å². The maximum Gasteiger partial charge on any atom is 0.305 e. The van der Waals surface area contributed by atoms with E-state index in [1.54, 1.807) is 0 Å². The van der Waals surface area contributed by atoms with Crippen molar-refractivity contribution in [1.82, 2.24) is 4.57 Å². The molecule has 0 aliphatic carbocycles. The Hall–Kier alpha value is -4.64. The second-order valence-corrected chi connectivity index (χ2v) is 13.7. The van der Waals surface area contributed by atoms with Crippen molar-refractivity contribution in [2.24, 2.45) is 11.8 Å². The molecule has 0 aliphatic heterocycles. The van der Waals surface area contributed by atoms with E-state index in [-0.39, 0.29) is 17.8 Å². The molecule has 48 heavy (non-hydrogen) atoms. The van der Waals surface area contributed by atoms with Crippen LogP contribution in [-0.4, -0.2) is 30.0 Å². The summed E-state index contributed by atoms with van der Waals surface area (Å²) in [6.45, 7) is 11.8. The zero-order valence-corrected chi connectivity index (χ0v) is 29.4. The standard InChI is InChI=1S/C43H50N2O3/c1-7-48-41(46)16-11-25-45-29-39(38-14-8-9-15-40(38)45)43(47)36-12-10-13-37(28-36)44(6)42(34-21-17-32(18-22-34)26-30(2)3)35-23-19-33(20-24-35)27-31(4)5/h8-10,12-15,17-24,28-31,42H,7,11,16,25-27H2,1-6H3. The molecule has 0 N–H and O–H groups in total. The molecular weight excluding hydrogens is 592 g/mol. The van der Waals surface area contributed by atoms with Crippen LogP contribution in [0.25, 0.3) is 10.9 Å². The van der Waals surface area contributed by atoms with Gasteiger partial charge in [-0.2, -0.15) is 0 Å². The van der Waals surface area contributed by atoms with E-state index in [9.17, 15) is 9.59 Å². The number of ketones is 1. The molecule has 0 saturated carbocycles. The third-order valence-electron chi connectivity index (χ3n) is 8.90. The first kappa shape index (κ1) is 34.7. The summed E-state index contributed by atoms with van der Waals surface area (Å²) in [4.78, 5) is 28.4. The highest BCUT2D eigenvalue weighted by atomic mass is 16.5. The Bertz CT molecular complexity index is 1760. The highest BCUT2D eigenvalue weighted by molar-refractivity contribution is 6.16. The lowest BCUT2D eigenvalue weighted by Gasteiger charge is -2.32. The number of hydrogen-bond donors (Lipinski definition) is 0. The first-order valence-electron chi connectivity index (χ1n) is 17.4. The molecule has 0 unspecified atom stereocenters. The van der Waals surface area contributed by atoms with Gasteiger partial charge in [-0.05, 0) is 78.5 Å². The van der Waals surface area contributed by atoms with Crippen molar-refractivity contribution in [2.75, 3.05) is 18.6 Å². The summed E-state index contributed by atoms with van der Waals surface area (Å²) >= 11 is 0. The van der Waals surface area contributed by atoms with E-state index in [1.807, 2.05) is 55.6 Å². The normalized spacial score (nSPS) is 11.5. The largest absolute Gasteiger partial charge is 0.466 e. The fraction of sp³-hybridized carbons (Fsp3) is 0.349. The zero-order valence-electron chi connectivity index (χ0n) is 29.4. The number of para-hydroxylation sites is 1. The van der Waals surface area contributed by atoms with E-state index in [0.717, 1.165) is 29.4 Å². The van der Waals surface area contributed by atoms with Gasteiger partial charge in [0.25, 0.3) is 0 Å². The SMILES string of the molecule is CCOC(=O)CCCn1cc(C(=O)c2cccc(N(C)C(c3ccc(CC(C)C)cc3)c3ccc(CC(C)C)cc3)c2)c2ccccc21. The second-order valence-electron chi connectivity index (χ2n) is 13.7. The number of fused-ring (bicyclic) bond motifs is 1. The smallest absolute Gasteiger partial charge is 0.305 e. The summed E-state index contributed by atoms with van der Waals surface area (Å²) < 4.78 is 7.19. The third kappa shape index (κ3) is 8.44. The molecule has 5 nitrogen and oxygen atoms in total. The number of carbonyl (C=O) groups is 2.